The zero-order chi connectivity index (χ0) is 12.4. The van der Waals surface area contributed by atoms with E-state index in [9.17, 15) is 4.79 Å². The van der Waals surface area contributed by atoms with Crippen LogP contribution in [0.15, 0.2) is 6.20 Å². The van der Waals surface area contributed by atoms with Gasteiger partial charge in [0.15, 0.2) is 0 Å². The Labute approximate surface area is 102 Å². The molecule has 0 spiro atoms. The summed E-state index contributed by atoms with van der Waals surface area (Å²) in [5, 5.41) is 4.01. The van der Waals surface area contributed by atoms with Crippen LogP contribution < -0.4 is 5.73 Å². The van der Waals surface area contributed by atoms with Crippen molar-refractivity contribution < 1.29 is 4.79 Å². The summed E-state index contributed by atoms with van der Waals surface area (Å²) in [6.07, 6.45) is 4.96. The lowest BCUT2D eigenvalue weighted by Gasteiger charge is -2.31. The second-order valence-corrected chi connectivity index (χ2v) is 4.71. The van der Waals surface area contributed by atoms with Gasteiger partial charge in [0, 0.05) is 20.1 Å². The first-order valence-corrected chi connectivity index (χ1v) is 6.20. The van der Waals surface area contributed by atoms with Crippen LogP contribution in [0.2, 0.25) is 0 Å². The molecule has 0 atom stereocenters. The van der Waals surface area contributed by atoms with Crippen LogP contribution >= 0.6 is 0 Å². The average Bonchev–Trinajstić information content (AvgIpc) is 2.69. The van der Waals surface area contributed by atoms with Gasteiger partial charge in [-0.15, -0.1) is 0 Å². The number of carbonyl (C=O) groups excluding carboxylic acids is 1. The molecule has 2 N–H and O–H groups in total. The van der Waals surface area contributed by atoms with Gasteiger partial charge >= 0.3 is 0 Å². The number of amides is 1. The Morgan fingerprint density at radius 2 is 2.18 bits per heavy atom. The maximum Gasteiger partial charge on any atom is 0.259 e. The molecular weight excluding hydrogens is 216 g/mol. The van der Waals surface area contributed by atoms with Crippen molar-refractivity contribution in [2.45, 2.75) is 26.2 Å². The van der Waals surface area contributed by atoms with E-state index in [1.54, 1.807) is 13.2 Å². The number of likely N-dealkylation sites (tertiary alicyclic amines) is 1. The van der Waals surface area contributed by atoms with Crippen molar-refractivity contribution in [3.05, 3.63) is 11.8 Å². The van der Waals surface area contributed by atoms with E-state index in [-0.39, 0.29) is 5.91 Å². The Morgan fingerprint density at radius 3 is 2.65 bits per heavy atom. The van der Waals surface area contributed by atoms with E-state index in [0.29, 0.717) is 11.4 Å². The number of carbonyl (C=O) groups is 1. The number of anilines is 1. The maximum atomic E-state index is 12.2. The summed E-state index contributed by atoms with van der Waals surface area (Å²) in [6.45, 7) is 3.89. The van der Waals surface area contributed by atoms with Crippen LogP contribution in [0.4, 0.5) is 5.82 Å². The number of nitrogens with zero attached hydrogens (tertiary/aromatic N) is 3. The summed E-state index contributed by atoms with van der Waals surface area (Å²) in [5.74, 6) is 1.24. The highest BCUT2D eigenvalue weighted by Gasteiger charge is 2.25. The van der Waals surface area contributed by atoms with Crippen LogP contribution in [0.25, 0.3) is 0 Å². The van der Waals surface area contributed by atoms with Crippen molar-refractivity contribution >= 4 is 11.7 Å². The van der Waals surface area contributed by atoms with Crippen LogP contribution in [0.1, 0.15) is 36.5 Å². The molecule has 1 aliphatic rings. The highest BCUT2D eigenvalue weighted by Crippen LogP contribution is 2.22. The second kappa shape index (κ2) is 4.77. The number of nitrogen functional groups attached to an aromatic ring is 1. The van der Waals surface area contributed by atoms with Gasteiger partial charge in [-0.3, -0.25) is 9.48 Å². The molecular formula is C12H20N4O. The second-order valence-electron chi connectivity index (χ2n) is 4.71. The van der Waals surface area contributed by atoms with Gasteiger partial charge in [0.25, 0.3) is 5.91 Å². The SMILES string of the molecule is CCC1CCN(C(=O)c2cnn(C)c2N)CC1. The summed E-state index contributed by atoms with van der Waals surface area (Å²) in [5.41, 5.74) is 6.35. The molecule has 2 heterocycles. The first kappa shape index (κ1) is 12.0. The third-order valence-electron chi connectivity index (χ3n) is 3.69. The molecule has 5 heteroatoms. The number of hydrogen-bond acceptors (Lipinski definition) is 3. The summed E-state index contributed by atoms with van der Waals surface area (Å²) in [6, 6.07) is 0. The molecule has 0 aromatic carbocycles. The average molecular weight is 236 g/mol. The standard InChI is InChI=1S/C12H20N4O/c1-3-9-4-6-16(7-5-9)12(17)10-8-14-15(2)11(10)13/h8-9H,3-7,13H2,1-2H3. The van der Waals surface area contributed by atoms with E-state index < -0.39 is 0 Å². The Kier molecular flexibility index (Phi) is 3.36. The van der Waals surface area contributed by atoms with Crippen molar-refractivity contribution in [1.29, 1.82) is 0 Å². The molecule has 0 bridgehead atoms. The fraction of sp³-hybridized carbons (Fsp3) is 0.667. The zero-order valence-corrected chi connectivity index (χ0v) is 10.5. The number of rotatable bonds is 2. The monoisotopic (exact) mass is 236 g/mol. The summed E-state index contributed by atoms with van der Waals surface area (Å²) >= 11 is 0. The topological polar surface area (TPSA) is 64.2 Å². The molecule has 0 aliphatic carbocycles. The third-order valence-corrected chi connectivity index (χ3v) is 3.69. The van der Waals surface area contributed by atoms with Crippen LogP contribution in [0, 0.1) is 5.92 Å². The van der Waals surface area contributed by atoms with Crippen molar-refractivity contribution in [2.24, 2.45) is 13.0 Å². The lowest BCUT2D eigenvalue weighted by Crippen LogP contribution is -2.38. The zero-order valence-electron chi connectivity index (χ0n) is 10.5. The van der Waals surface area contributed by atoms with Gasteiger partial charge < -0.3 is 10.6 Å². The molecule has 0 radical (unpaired) electrons. The molecule has 5 nitrogen and oxygen atoms in total. The lowest BCUT2D eigenvalue weighted by atomic mass is 9.94. The maximum absolute atomic E-state index is 12.2. The predicted molar refractivity (Wildman–Crippen MR) is 66.5 cm³/mol. The number of aryl methyl sites for hydroxylation is 1. The Hall–Kier alpha value is -1.52. The normalized spacial score (nSPS) is 17.4. The van der Waals surface area contributed by atoms with Gasteiger partial charge in [-0.1, -0.05) is 13.3 Å². The number of piperidine rings is 1. The summed E-state index contributed by atoms with van der Waals surface area (Å²) < 4.78 is 1.53. The molecule has 1 amide bonds. The highest BCUT2D eigenvalue weighted by molar-refractivity contribution is 5.98. The van der Waals surface area contributed by atoms with E-state index in [1.165, 1.54) is 11.1 Å². The van der Waals surface area contributed by atoms with Crippen molar-refractivity contribution in [3.8, 4) is 0 Å². The van der Waals surface area contributed by atoms with Gasteiger partial charge in [-0.05, 0) is 18.8 Å². The van der Waals surface area contributed by atoms with Gasteiger partial charge in [0.1, 0.15) is 11.4 Å². The van der Waals surface area contributed by atoms with Gasteiger partial charge in [-0.2, -0.15) is 5.10 Å². The van der Waals surface area contributed by atoms with E-state index in [2.05, 4.69) is 12.0 Å². The molecule has 1 saturated heterocycles. The summed E-state index contributed by atoms with van der Waals surface area (Å²) in [7, 11) is 1.75. The van der Waals surface area contributed by atoms with Crippen molar-refractivity contribution in [2.75, 3.05) is 18.8 Å². The Morgan fingerprint density at radius 1 is 1.53 bits per heavy atom. The van der Waals surface area contributed by atoms with E-state index in [0.717, 1.165) is 31.8 Å². The van der Waals surface area contributed by atoms with Crippen LogP contribution in [-0.2, 0) is 7.05 Å². The molecule has 17 heavy (non-hydrogen) atoms. The first-order valence-electron chi connectivity index (χ1n) is 6.20. The lowest BCUT2D eigenvalue weighted by molar-refractivity contribution is 0.0690. The molecule has 2 rings (SSSR count). The molecule has 1 aromatic rings. The molecule has 1 aromatic heterocycles. The molecule has 0 unspecified atom stereocenters. The molecule has 1 fully saturated rings. The minimum atomic E-state index is 0.0187. The minimum Gasteiger partial charge on any atom is -0.383 e. The third kappa shape index (κ3) is 2.28. The number of nitrogens with two attached hydrogens (primary N) is 1. The van der Waals surface area contributed by atoms with Gasteiger partial charge in [-0.25, -0.2) is 0 Å². The van der Waals surface area contributed by atoms with Crippen LogP contribution in [0.3, 0.4) is 0 Å². The molecule has 94 valence electrons. The summed E-state index contributed by atoms with van der Waals surface area (Å²) in [4.78, 5) is 14.1. The van der Waals surface area contributed by atoms with Crippen molar-refractivity contribution in [3.63, 3.8) is 0 Å². The highest BCUT2D eigenvalue weighted by atomic mass is 16.2. The van der Waals surface area contributed by atoms with Crippen LogP contribution in [-0.4, -0.2) is 33.7 Å². The Bertz CT molecular complexity index is 405. The van der Waals surface area contributed by atoms with E-state index in [1.807, 2.05) is 4.90 Å². The predicted octanol–water partition coefficient (Wildman–Crippen LogP) is 1.26. The van der Waals surface area contributed by atoms with E-state index >= 15 is 0 Å². The largest absolute Gasteiger partial charge is 0.383 e. The van der Waals surface area contributed by atoms with Crippen LogP contribution in [0.5, 0.6) is 0 Å². The van der Waals surface area contributed by atoms with Crippen molar-refractivity contribution in [1.82, 2.24) is 14.7 Å². The quantitative estimate of drug-likeness (QED) is 0.841. The van der Waals surface area contributed by atoms with E-state index in [4.69, 9.17) is 5.73 Å². The smallest absolute Gasteiger partial charge is 0.259 e. The fourth-order valence-electron chi connectivity index (χ4n) is 2.33. The first-order chi connectivity index (χ1) is 8.13. The van der Waals surface area contributed by atoms with Gasteiger partial charge in [0.05, 0.1) is 6.20 Å². The fourth-order valence-corrected chi connectivity index (χ4v) is 2.33. The Balaban J connectivity index is 2.04. The van der Waals surface area contributed by atoms with Gasteiger partial charge in [0.2, 0.25) is 0 Å². The number of hydrogen-bond donors (Lipinski definition) is 1. The molecule has 1 aliphatic heterocycles. The molecule has 0 saturated carbocycles. The minimum absolute atomic E-state index is 0.0187. The number of aromatic nitrogens is 2.